The van der Waals surface area contributed by atoms with Gasteiger partial charge in [0.1, 0.15) is 17.2 Å². The summed E-state index contributed by atoms with van der Waals surface area (Å²) in [6, 6.07) is 12.0. The van der Waals surface area contributed by atoms with E-state index < -0.39 is 11.4 Å². The van der Waals surface area contributed by atoms with E-state index in [4.69, 9.17) is 0 Å². The molecule has 196 valence electrons. The Labute approximate surface area is 222 Å². The number of thioether (sulfide) groups is 1. The third-order valence-electron chi connectivity index (χ3n) is 7.71. The molecule has 1 aliphatic heterocycles. The normalized spacial score (nSPS) is 20.6. The predicted molar refractivity (Wildman–Crippen MR) is 146 cm³/mol. The molecule has 0 radical (unpaired) electrons. The molecule has 6 rings (SSSR count). The molecule has 0 bridgehead atoms. The van der Waals surface area contributed by atoms with E-state index in [0.29, 0.717) is 31.4 Å². The summed E-state index contributed by atoms with van der Waals surface area (Å²) in [7, 11) is 0. The van der Waals surface area contributed by atoms with Crippen molar-refractivity contribution in [3.63, 3.8) is 0 Å². The van der Waals surface area contributed by atoms with Crippen LogP contribution in [0.3, 0.4) is 0 Å². The van der Waals surface area contributed by atoms with Crippen molar-refractivity contribution in [2.45, 2.75) is 56.7 Å². The van der Waals surface area contributed by atoms with E-state index in [0.717, 1.165) is 41.4 Å². The van der Waals surface area contributed by atoms with Gasteiger partial charge in [-0.25, -0.2) is 19.2 Å². The van der Waals surface area contributed by atoms with Crippen LogP contribution in [0.5, 0.6) is 0 Å². The molecule has 2 fully saturated rings. The van der Waals surface area contributed by atoms with Gasteiger partial charge in [-0.2, -0.15) is 11.8 Å². The summed E-state index contributed by atoms with van der Waals surface area (Å²) >= 11 is 1.84. The smallest absolute Gasteiger partial charge is 0.333 e. The Bertz CT molecular complexity index is 1640. The average molecular weight is 534 g/mol. The van der Waals surface area contributed by atoms with Gasteiger partial charge in [0.2, 0.25) is 0 Å². The third-order valence-corrected chi connectivity index (χ3v) is 8.76. The summed E-state index contributed by atoms with van der Waals surface area (Å²) < 4.78 is 17.1. The Hall–Kier alpha value is -3.53. The molecule has 8 nitrogen and oxygen atoms in total. The number of nitrogens with one attached hydrogen (secondary N) is 1. The Morgan fingerprint density at radius 2 is 1.68 bits per heavy atom. The predicted octanol–water partition coefficient (Wildman–Crippen LogP) is 4.23. The zero-order valence-corrected chi connectivity index (χ0v) is 21.6. The molecule has 1 saturated heterocycles. The van der Waals surface area contributed by atoms with Crippen LogP contribution in [0, 0.1) is 5.82 Å². The number of benzene rings is 1. The zero-order chi connectivity index (χ0) is 26.2. The largest absolute Gasteiger partial charge is 0.348 e. The molecule has 4 aromatic rings. The van der Waals surface area contributed by atoms with E-state index >= 15 is 0 Å². The number of hydrogen-bond acceptors (Lipinski definition) is 6. The Morgan fingerprint density at radius 3 is 2.47 bits per heavy atom. The number of hydrogen-bond donors (Lipinski definition) is 1. The summed E-state index contributed by atoms with van der Waals surface area (Å²) in [6.07, 6.45) is 5.03. The topological polar surface area (TPSA) is 98.9 Å². The lowest BCUT2D eigenvalue weighted by atomic mass is 9.90. The van der Waals surface area contributed by atoms with Crippen molar-refractivity contribution in [2.24, 2.45) is 0 Å². The number of carbonyl (C=O) groups excluding carboxylic acids is 1. The van der Waals surface area contributed by atoms with Gasteiger partial charge in [0.15, 0.2) is 0 Å². The number of amides is 1. The number of pyridine rings is 2. The molecule has 1 aliphatic carbocycles. The maximum atomic E-state index is 14.1. The van der Waals surface area contributed by atoms with E-state index in [1.54, 1.807) is 10.6 Å². The second-order valence-electron chi connectivity index (χ2n) is 10.1. The molecule has 4 heterocycles. The summed E-state index contributed by atoms with van der Waals surface area (Å²) in [5, 5.41) is 4.18. The highest BCUT2D eigenvalue weighted by Gasteiger charge is 2.30. The molecule has 38 heavy (non-hydrogen) atoms. The number of carbonyl (C=O) groups is 1. The second-order valence-corrected chi connectivity index (χ2v) is 11.3. The molecule has 10 heteroatoms. The quantitative estimate of drug-likeness (QED) is 0.422. The molecule has 1 amide bonds. The number of aromatic nitrogens is 4. The molecule has 1 N–H and O–H groups in total. The fourth-order valence-corrected chi connectivity index (χ4v) is 6.81. The standard InChI is InChI=1S/C28H28FN5O3S/c29-18-15-22-25(30-16-18)33(21-11-13-38-14-12-21)28(37)34(27(22)36)20-8-6-19(7-9-20)31-26(35)24-10-5-17-3-1-2-4-23(17)32-24/h1-5,10,15-16,19-21H,6-9,11-14H2,(H,31,35)/t19-,20+. The molecule has 1 saturated carbocycles. The molecule has 0 atom stereocenters. The van der Waals surface area contributed by atoms with E-state index in [-0.39, 0.29) is 40.8 Å². The highest BCUT2D eigenvalue weighted by Crippen LogP contribution is 2.30. The SMILES string of the molecule is O=C(N[C@H]1CC[C@@H](n2c(=O)c3cc(F)cnc3n(C3CCSCC3)c2=O)CC1)c1ccc2ccccc2n1. The number of halogens is 1. The molecular weight excluding hydrogens is 505 g/mol. The highest BCUT2D eigenvalue weighted by molar-refractivity contribution is 7.99. The van der Waals surface area contributed by atoms with Crippen molar-refractivity contribution >= 4 is 39.6 Å². The van der Waals surface area contributed by atoms with Crippen LogP contribution in [-0.4, -0.2) is 42.6 Å². The first-order chi connectivity index (χ1) is 18.5. The van der Waals surface area contributed by atoms with Gasteiger partial charge in [-0.15, -0.1) is 0 Å². The van der Waals surface area contributed by atoms with E-state index in [1.807, 2.05) is 42.1 Å². The third kappa shape index (κ3) is 4.62. The van der Waals surface area contributed by atoms with Crippen LogP contribution in [0.25, 0.3) is 21.9 Å². The Balaban J connectivity index is 1.24. The van der Waals surface area contributed by atoms with Crippen molar-refractivity contribution < 1.29 is 9.18 Å². The maximum absolute atomic E-state index is 14.1. The number of para-hydroxylation sites is 1. The van der Waals surface area contributed by atoms with Crippen molar-refractivity contribution in [2.75, 3.05) is 11.5 Å². The van der Waals surface area contributed by atoms with E-state index in [2.05, 4.69) is 15.3 Å². The van der Waals surface area contributed by atoms with Gasteiger partial charge < -0.3 is 5.32 Å². The molecule has 3 aromatic heterocycles. The maximum Gasteiger partial charge on any atom is 0.333 e. The van der Waals surface area contributed by atoms with Gasteiger partial charge in [0.25, 0.3) is 11.5 Å². The van der Waals surface area contributed by atoms with Gasteiger partial charge in [-0.05, 0) is 68.2 Å². The molecule has 0 spiro atoms. The van der Waals surface area contributed by atoms with Gasteiger partial charge >= 0.3 is 5.69 Å². The van der Waals surface area contributed by atoms with E-state index in [1.165, 1.54) is 10.6 Å². The number of nitrogens with zero attached hydrogens (tertiary/aromatic N) is 4. The summed E-state index contributed by atoms with van der Waals surface area (Å²) in [6.45, 7) is 0. The first-order valence-corrected chi connectivity index (χ1v) is 14.2. The minimum absolute atomic E-state index is 0.0684. The van der Waals surface area contributed by atoms with Crippen LogP contribution in [0.2, 0.25) is 0 Å². The lowest BCUT2D eigenvalue weighted by Crippen LogP contribution is -2.46. The van der Waals surface area contributed by atoms with Gasteiger partial charge in [0.05, 0.1) is 17.1 Å². The van der Waals surface area contributed by atoms with Crippen molar-refractivity contribution in [3.8, 4) is 0 Å². The average Bonchev–Trinajstić information content (AvgIpc) is 2.95. The minimum atomic E-state index is -0.598. The van der Waals surface area contributed by atoms with Crippen LogP contribution >= 0.6 is 11.8 Å². The van der Waals surface area contributed by atoms with Crippen LogP contribution in [0.15, 0.2) is 58.3 Å². The highest BCUT2D eigenvalue weighted by atomic mass is 32.2. The van der Waals surface area contributed by atoms with Gasteiger partial charge in [0, 0.05) is 23.5 Å². The lowest BCUT2D eigenvalue weighted by Gasteiger charge is -2.31. The first-order valence-electron chi connectivity index (χ1n) is 13.1. The molecule has 1 aromatic carbocycles. The first kappa shape index (κ1) is 24.8. The fraction of sp³-hybridized carbons (Fsp3) is 0.393. The summed E-state index contributed by atoms with van der Waals surface area (Å²) in [5.74, 6) is 1.02. The van der Waals surface area contributed by atoms with E-state index in [9.17, 15) is 18.8 Å². The molecule has 0 unspecified atom stereocenters. The fourth-order valence-electron chi connectivity index (χ4n) is 5.73. The number of rotatable bonds is 4. The van der Waals surface area contributed by atoms with Crippen LogP contribution in [0.4, 0.5) is 4.39 Å². The van der Waals surface area contributed by atoms with Crippen LogP contribution < -0.4 is 16.6 Å². The zero-order valence-electron chi connectivity index (χ0n) is 20.8. The van der Waals surface area contributed by atoms with Crippen molar-refractivity contribution in [3.05, 3.63) is 81.0 Å². The summed E-state index contributed by atoms with van der Waals surface area (Å²) in [4.78, 5) is 48.7. The van der Waals surface area contributed by atoms with Gasteiger partial charge in [-0.3, -0.25) is 18.7 Å². The van der Waals surface area contributed by atoms with Gasteiger partial charge in [-0.1, -0.05) is 24.3 Å². The second kappa shape index (κ2) is 10.3. The molecule has 2 aliphatic rings. The van der Waals surface area contributed by atoms with Crippen LogP contribution in [0.1, 0.15) is 61.1 Å². The number of fused-ring (bicyclic) bond motifs is 2. The Morgan fingerprint density at radius 1 is 0.947 bits per heavy atom. The molecular formula is C28H28FN5O3S. The Kier molecular flexibility index (Phi) is 6.73. The summed E-state index contributed by atoms with van der Waals surface area (Å²) in [5.41, 5.74) is 0.522. The van der Waals surface area contributed by atoms with Crippen LogP contribution in [-0.2, 0) is 0 Å². The van der Waals surface area contributed by atoms with Crippen molar-refractivity contribution in [1.82, 2.24) is 24.4 Å². The lowest BCUT2D eigenvalue weighted by molar-refractivity contribution is 0.0917. The minimum Gasteiger partial charge on any atom is -0.348 e. The van der Waals surface area contributed by atoms with Crippen molar-refractivity contribution in [1.29, 1.82) is 0 Å². The monoisotopic (exact) mass is 533 g/mol.